The van der Waals surface area contributed by atoms with Crippen molar-refractivity contribution in [2.45, 2.75) is 39.7 Å². The van der Waals surface area contributed by atoms with Crippen LogP contribution in [0.5, 0.6) is 0 Å². The highest BCUT2D eigenvalue weighted by molar-refractivity contribution is 5.97. The average molecular weight is 236 g/mol. The van der Waals surface area contributed by atoms with Crippen LogP contribution in [0.3, 0.4) is 0 Å². The molecule has 1 aliphatic heterocycles. The van der Waals surface area contributed by atoms with Gasteiger partial charge in [0.2, 0.25) is 0 Å². The third-order valence-electron chi connectivity index (χ3n) is 3.65. The first-order chi connectivity index (χ1) is 8.00. The van der Waals surface area contributed by atoms with Crippen LogP contribution in [0, 0.1) is 20.8 Å². The first kappa shape index (κ1) is 12.2. The number of hydrogen-bond donors (Lipinski definition) is 2. The van der Waals surface area contributed by atoms with Crippen LogP contribution in [0.4, 0.5) is 0 Å². The van der Waals surface area contributed by atoms with Gasteiger partial charge < -0.3 is 15.0 Å². The number of nitrogens with zero attached hydrogens (tertiary/aromatic N) is 1. The summed E-state index contributed by atoms with van der Waals surface area (Å²) in [4.78, 5) is 17.4. The summed E-state index contributed by atoms with van der Waals surface area (Å²) in [6.07, 6.45) is 1.13. The number of hydrogen-bond acceptors (Lipinski definition) is 2. The van der Waals surface area contributed by atoms with E-state index in [-0.39, 0.29) is 12.0 Å². The van der Waals surface area contributed by atoms with Crippen LogP contribution in [0.1, 0.15) is 40.2 Å². The molecule has 4 nitrogen and oxygen atoms in total. The summed E-state index contributed by atoms with van der Waals surface area (Å²) in [7, 11) is 0. The second kappa shape index (κ2) is 4.53. The molecule has 1 aliphatic rings. The molecule has 1 fully saturated rings. The van der Waals surface area contributed by atoms with Crippen molar-refractivity contribution in [2.24, 2.45) is 0 Å². The zero-order valence-electron chi connectivity index (χ0n) is 10.7. The minimum absolute atomic E-state index is 0.0938. The lowest BCUT2D eigenvalue weighted by atomic mass is 10.0. The van der Waals surface area contributed by atoms with Gasteiger partial charge in [-0.15, -0.1) is 0 Å². The maximum absolute atomic E-state index is 12.4. The van der Waals surface area contributed by atoms with Gasteiger partial charge in [0.1, 0.15) is 0 Å². The molecule has 0 spiro atoms. The molecule has 0 saturated carbocycles. The molecule has 0 unspecified atom stereocenters. The third kappa shape index (κ3) is 2.22. The number of aromatic amines is 1. The minimum atomic E-state index is -0.241. The van der Waals surface area contributed by atoms with Crippen molar-refractivity contribution in [1.82, 2.24) is 9.88 Å². The maximum Gasteiger partial charge on any atom is 0.255 e. The number of carbonyl (C=O) groups is 1. The van der Waals surface area contributed by atoms with Crippen molar-refractivity contribution in [3.63, 3.8) is 0 Å². The number of nitrogens with one attached hydrogen (secondary N) is 1. The van der Waals surface area contributed by atoms with Crippen molar-refractivity contribution in [2.75, 3.05) is 13.1 Å². The Balaban J connectivity index is 2.20. The Morgan fingerprint density at radius 3 is 2.29 bits per heavy atom. The summed E-state index contributed by atoms with van der Waals surface area (Å²) < 4.78 is 0. The van der Waals surface area contributed by atoms with Gasteiger partial charge in [0, 0.05) is 24.5 Å². The fourth-order valence-electron chi connectivity index (χ4n) is 2.45. The van der Waals surface area contributed by atoms with Crippen molar-refractivity contribution < 1.29 is 9.90 Å². The molecule has 4 heteroatoms. The molecule has 0 bridgehead atoms. The van der Waals surface area contributed by atoms with Crippen molar-refractivity contribution in [3.8, 4) is 0 Å². The fourth-order valence-corrected chi connectivity index (χ4v) is 2.45. The van der Waals surface area contributed by atoms with Gasteiger partial charge in [-0.25, -0.2) is 0 Å². The number of piperidine rings is 1. The van der Waals surface area contributed by atoms with Gasteiger partial charge in [0.25, 0.3) is 5.91 Å². The van der Waals surface area contributed by atoms with Crippen molar-refractivity contribution in [3.05, 3.63) is 22.5 Å². The van der Waals surface area contributed by atoms with Crippen LogP contribution in [-0.4, -0.2) is 40.1 Å². The lowest BCUT2D eigenvalue weighted by molar-refractivity contribution is 0.0545. The number of aryl methyl sites for hydroxylation is 2. The highest BCUT2D eigenvalue weighted by Gasteiger charge is 2.25. The molecule has 1 aromatic rings. The summed E-state index contributed by atoms with van der Waals surface area (Å²) in [5.41, 5.74) is 3.84. The van der Waals surface area contributed by atoms with Crippen LogP contribution in [0.2, 0.25) is 0 Å². The first-order valence-electron chi connectivity index (χ1n) is 6.13. The van der Waals surface area contributed by atoms with E-state index in [0.29, 0.717) is 25.9 Å². The summed E-state index contributed by atoms with van der Waals surface area (Å²) in [5.74, 6) is 0.0938. The second-order valence-electron chi connectivity index (χ2n) is 4.90. The Labute approximate surface area is 102 Å². The Morgan fingerprint density at radius 1 is 1.24 bits per heavy atom. The highest BCUT2D eigenvalue weighted by atomic mass is 16.3. The summed E-state index contributed by atoms with van der Waals surface area (Å²) >= 11 is 0. The number of carbonyl (C=O) groups excluding carboxylic acids is 1. The molecular formula is C13H20N2O2. The molecule has 94 valence electrons. The lowest BCUT2D eigenvalue weighted by Crippen LogP contribution is -2.40. The standard InChI is InChI=1S/C13H20N2O2/c1-8-9(2)14-10(3)12(8)13(17)15-6-4-11(16)5-7-15/h11,14,16H,4-7H2,1-3H3. The summed E-state index contributed by atoms with van der Waals surface area (Å²) in [5, 5.41) is 9.45. The third-order valence-corrected chi connectivity index (χ3v) is 3.65. The van der Waals surface area contributed by atoms with E-state index >= 15 is 0 Å². The van der Waals surface area contributed by atoms with Gasteiger partial charge in [0.05, 0.1) is 11.7 Å². The number of amides is 1. The topological polar surface area (TPSA) is 56.3 Å². The summed E-state index contributed by atoms with van der Waals surface area (Å²) in [6, 6.07) is 0. The van der Waals surface area contributed by atoms with Gasteiger partial charge in [-0.1, -0.05) is 0 Å². The molecule has 0 atom stereocenters. The number of rotatable bonds is 1. The van der Waals surface area contributed by atoms with Crippen LogP contribution < -0.4 is 0 Å². The van der Waals surface area contributed by atoms with Crippen LogP contribution in [-0.2, 0) is 0 Å². The quantitative estimate of drug-likeness (QED) is 0.777. The average Bonchev–Trinajstić information content (AvgIpc) is 2.53. The molecule has 0 aliphatic carbocycles. The molecule has 0 aromatic carbocycles. The maximum atomic E-state index is 12.4. The van der Waals surface area contributed by atoms with Gasteiger partial charge in [0.15, 0.2) is 0 Å². The molecule has 2 N–H and O–H groups in total. The van der Waals surface area contributed by atoms with Crippen LogP contribution >= 0.6 is 0 Å². The minimum Gasteiger partial charge on any atom is -0.393 e. The molecular weight excluding hydrogens is 216 g/mol. The van der Waals surface area contributed by atoms with Gasteiger partial charge in [-0.05, 0) is 39.2 Å². The summed E-state index contributed by atoms with van der Waals surface area (Å²) in [6.45, 7) is 7.21. The smallest absolute Gasteiger partial charge is 0.255 e. The highest BCUT2D eigenvalue weighted by Crippen LogP contribution is 2.21. The molecule has 17 heavy (non-hydrogen) atoms. The lowest BCUT2D eigenvalue weighted by Gasteiger charge is -2.29. The molecule has 0 radical (unpaired) electrons. The number of likely N-dealkylation sites (tertiary alicyclic amines) is 1. The Morgan fingerprint density at radius 2 is 1.82 bits per heavy atom. The van der Waals surface area contributed by atoms with Crippen LogP contribution in [0.15, 0.2) is 0 Å². The van der Waals surface area contributed by atoms with E-state index in [4.69, 9.17) is 0 Å². The monoisotopic (exact) mass is 236 g/mol. The Hall–Kier alpha value is -1.29. The Kier molecular flexibility index (Phi) is 3.24. The molecule has 2 rings (SSSR count). The van der Waals surface area contributed by atoms with E-state index in [1.165, 1.54) is 0 Å². The van der Waals surface area contributed by atoms with E-state index in [1.807, 2.05) is 25.7 Å². The van der Waals surface area contributed by atoms with Crippen molar-refractivity contribution >= 4 is 5.91 Å². The first-order valence-corrected chi connectivity index (χ1v) is 6.13. The number of aliphatic hydroxyl groups is 1. The largest absolute Gasteiger partial charge is 0.393 e. The molecule has 1 aromatic heterocycles. The number of aromatic nitrogens is 1. The zero-order valence-corrected chi connectivity index (χ0v) is 10.7. The fraction of sp³-hybridized carbons (Fsp3) is 0.615. The number of aliphatic hydroxyl groups excluding tert-OH is 1. The van der Waals surface area contributed by atoms with Crippen molar-refractivity contribution in [1.29, 1.82) is 0 Å². The van der Waals surface area contributed by atoms with E-state index < -0.39 is 0 Å². The van der Waals surface area contributed by atoms with E-state index in [0.717, 1.165) is 22.5 Å². The predicted molar refractivity (Wildman–Crippen MR) is 66.1 cm³/mol. The predicted octanol–water partition coefficient (Wildman–Crippen LogP) is 1.54. The zero-order chi connectivity index (χ0) is 12.6. The number of H-pyrrole nitrogens is 1. The van der Waals surface area contributed by atoms with Crippen LogP contribution in [0.25, 0.3) is 0 Å². The molecule has 2 heterocycles. The van der Waals surface area contributed by atoms with E-state index in [9.17, 15) is 9.90 Å². The molecule has 1 saturated heterocycles. The second-order valence-corrected chi connectivity index (χ2v) is 4.90. The van der Waals surface area contributed by atoms with E-state index in [1.54, 1.807) is 0 Å². The molecule has 1 amide bonds. The van der Waals surface area contributed by atoms with E-state index in [2.05, 4.69) is 4.98 Å². The SMILES string of the molecule is Cc1[nH]c(C)c(C(=O)N2CCC(O)CC2)c1C. The normalized spacial score (nSPS) is 17.5. The van der Waals surface area contributed by atoms with Gasteiger partial charge in [-0.2, -0.15) is 0 Å². The Bertz CT molecular complexity index is 429. The van der Waals surface area contributed by atoms with Gasteiger partial charge in [-0.3, -0.25) is 4.79 Å². The van der Waals surface area contributed by atoms with Gasteiger partial charge >= 0.3 is 0 Å².